The number of nitrogens with zero attached hydrogens (tertiary/aromatic N) is 1. The van der Waals surface area contributed by atoms with Crippen molar-refractivity contribution in [2.45, 2.75) is 0 Å². The van der Waals surface area contributed by atoms with E-state index in [2.05, 4.69) is 0 Å². The summed E-state index contributed by atoms with van der Waals surface area (Å²) in [6.07, 6.45) is 1.39. The molecule has 0 saturated carbocycles. The topological polar surface area (TPSA) is 134 Å². The average molecular weight is 514 g/mol. The van der Waals surface area contributed by atoms with E-state index in [0.717, 1.165) is 22.7 Å². The molecule has 9 nitrogen and oxygen atoms in total. The average Bonchev–Trinajstić information content (AvgIpc) is 3.40. The van der Waals surface area contributed by atoms with E-state index in [1.54, 1.807) is 24.3 Å². The summed E-state index contributed by atoms with van der Waals surface area (Å²) in [5.41, 5.74) is -0.178. The minimum atomic E-state index is -1.28. The summed E-state index contributed by atoms with van der Waals surface area (Å²) < 4.78 is 11.2. The van der Waals surface area contributed by atoms with Crippen molar-refractivity contribution >= 4 is 52.5 Å². The van der Waals surface area contributed by atoms with Gasteiger partial charge in [-0.25, -0.2) is 9.59 Å². The Morgan fingerprint density at radius 3 is 2.37 bits per heavy atom. The minimum Gasteiger partial charge on any atom is -0.490 e. The number of hydrogen-bond acceptors (Lipinski definition) is 7. The van der Waals surface area contributed by atoms with Gasteiger partial charge in [0.25, 0.3) is 11.1 Å². The summed E-state index contributed by atoms with van der Waals surface area (Å²) >= 11 is 6.78. The van der Waals surface area contributed by atoms with Gasteiger partial charge in [-0.05, 0) is 54.2 Å². The highest BCUT2D eigenvalue weighted by molar-refractivity contribution is 8.18. The second-order valence-electron chi connectivity index (χ2n) is 7.22. The van der Waals surface area contributed by atoms with Gasteiger partial charge < -0.3 is 19.4 Å². The highest BCUT2D eigenvalue weighted by Crippen LogP contribution is 2.34. The summed E-state index contributed by atoms with van der Waals surface area (Å²) in [6.45, 7) is 0.0857. The molecule has 2 heterocycles. The number of hydrogen-bond donors (Lipinski definition) is 2. The lowest BCUT2D eigenvalue weighted by atomic mass is 10.0. The maximum atomic E-state index is 12.7. The summed E-state index contributed by atoms with van der Waals surface area (Å²) in [7, 11) is 0. The molecule has 3 aromatic rings. The first kappa shape index (κ1) is 24.1. The number of benzene rings is 2. The first-order valence-electron chi connectivity index (χ1n) is 10.1. The zero-order valence-corrected chi connectivity index (χ0v) is 19.3. The number of rotatable bonds is 8. The van der Waals surface area contributed by atoms with Gasteiger partial charge in [-0.1, -0.05) is 23.7 Å². The van der Waals surface area contributed by atoms with E-state index >= 15 is 0 Å². The van der Waals surface area contributed by atoms with Crippen molar-refractivity contribution in [3.8, 4) is 17.1 Å². The molecule has 11 heteroatoms. The van der Waals surface area contributed by atoms with Crippen LogP contribution in [0.2, 0.25) is 5.02 Å². The monoisotopic (exact) mass is 513 g/mol. The molecule has 178 valence electrons. The lowest BCUT2D eigenvalue weighted by Crippen LogP contribution is -2.32. The highest BCUT2D eigenvalue weighted by Gasteiger charge is 2.35. The Morgan fingerprint density at radius 1 is 1.03 bits per heavy atom. The molecule has 0 radical (unpaired) electrons. The van der Waals surface area contributed by atoms with Gasteiger partial charge in [0, 0.05) is 11.6 Å². The second kappa shape index (κ2) is 10.1. The number of halogens is 1. The molecule has 0 bridgehead atoms. The van der Waals surface area contributed by atoms with Gasteiger partial charge in [0.05, 0.1) is 27.6 Å². The summed E-state index contributed by atoms with van der Waals surface area (Å²) in [5.74, 6) is -2.20. The molecule has 2 N–H and O–H groups in total. The third-order valence-electron chi connectivity index (χ3n) is 4.89. The van der Waals surface area contributed by atoms with Crippen LogP contribution in [0.4, 0.5) is 4.79 Å². The third-order valence-corrected chi connectivity index (χ3v) is 6.11. The lowest BCUT2D eigenvalue weighted by Gasteiger charge is -2.13. The van der Waals surface area contributed by atoms with Crippen LogP contribution in [0.5, 0.6) is 5.75 Å². The fraction of sp³-hybridized carbons (Fsp3) is 0.0833. The maximum Gasteiger partial charge on any atom is 0.335 e. The van der Waals surface area contributed by atoms with Crippen LogP contribution in [0.25, 0.3) is 17.4 Å². The van der Waals surface area contributed by atoms with Gasteiger partial charge in [0.15, 0.2) is 0 Å². The number of ether oxygens (including phenoxy) is 1. The Kier molecular flexibility index (Phi) is 6.94. The largest absolute Gasteiger partial charge is 0.490 e. The zero-order valence-electron chi connectivity index (χ0n) is 17.8. The van der Waals surface area contributed by atoms with Gasteiger partial charge in [-0.15, -0.1) is 0 Å². The number of para-hydroxylation sites is 1. The molecule has 1 aromatic heterocycles. The quantitative estimate of drug-likeness (QED) is 0.394. The fourth-order valence-corrected chi connectivity index (χ4v) is 4.27. The Morgan fingerprint density at radius 2 is 1.71 bits per heavy atom. The predicted octanol–water partition coefficient (Wildman–Crippen LogP) is 5.11. The Bertz CT molecular complexity index is 1350. The number of aromatic carboxylic acids is 2. The molecule has 2 aromatic carbocycles. The van der Waals surface area contributed by atoms with Crippen LogP contribution in [-0.4, -0.2) is 51.3 Å². The molecule has 0 atom stereocenters. The van der Waals surface area contributed by atoms with E-state index < -0.39 is 23.1 Å². The van der Waals surface area contributed by atoms with Crippen LogP contribution < -0.4 is 4.74 Å². The molecule has 0 spiro atoms. The maximum absolute atomic E-state index is 12.7. The highest BCUT2D eigenvalue weighted by atomic mass is 35.5. The van der Waals surface area contributed by atoms with Crippen molar-refractivity contribution in [2.24, 2.45) is 0 Å². The molecule has 2 amide bonds. The van der Waals surface area contributed by atoms with E-state index in [9.17, 15) is 29.4 Å². The first-order valence-corrected chi connectivity index (χ1v) is 11.3. The summed E-state index contributed by atoms with van der Waals surface area (Å²) in [5, 5.41) is 18.5. The van der Waals surface area contributed by atoms with Crippen molar-refractivity contribution in [2.75, 3.05) is 13.2 Å². The number of thioether (sulfide) groups is 1. The van der Waals surface area contributed by atoms with Gasteiger partial charge in [-0.3, -0.25) is 14.5 Å². The normalized spacial score (nSPS) is 14.5. The van der Waals surface area contributed by atoms with E-state index in [1.165, 1.54) is 30.3 Å². The zero-order chi connectivity index (χ0) is 25.1. The molecule has 4 rings (SSSR count). The SMILES string of the molecule is O=C(O)c1cc(C(=O)O)cc(-c2ccc(/C=C3\SC(=O)N(CCOc4ccccc4Cl)C3=O)o2)c1. The predicted molar refractivity (Wildman–Crippen MR) is 128 cm³/mol. The molecule has 0 aliphatic carbocycles. The van der Waals surface area contributed by atoms with E-state index in [0.29, 0.717) is 10.8 Å². The number of carbonyl (C=O) groups is 4. The van der Waals surface area contributed by atoms with Crippen LogP contribution >= 0.6 is 23.4 Å². The number of imide groups is 1. The molecule has 1 aliphatic rings. The smallest absolute Gasteiger partial charge is 0.335 e. The van der Waals surface area contributed by atoms with Gasteiger partial charge in [0.2, 0.25) is 0 Å². The van der Waals surface area contributed by atoms with Crippen LogP contribution in [0.1, 0.15) is 26.5 Å². The van der Waals surface area contributed by atoms with Crippen molar-refractivity contribution in [1.29, 1.82) is 0 Å². The Hall–Kier alpha value is -4.02. The Balaban J connectivity index is 1.48. The number of carbonyl (C=O) groups excluding carboxylic acids is 2. The van der Waals surface area contributed by atoms with Crippen molar-refractivity contribution in [1.82, 2.24) is 4.90 Å². The van der Waals surface area contributed by atoms with Gasteiger partial charge in [0.1, 0.15) is 23.9 Å². The van der Waals surface area contributed by atoms with Crippen LogP contribution in [0.3, 0.4) is 0 Å². The molecule has 1 fully saturated rings. The fourth-order valence-electron chi connectivity index (χ4n) is 3.23. The van der Waals surface area contributed by atoms with Gasteiger partial charge >= 0.3 is 11.9 Å². The van der Waals surface area contributed by atoms with Crippen LogP contribution in [-0.2, 0) is 4.79 Å². The van der Waals surface area contributed by atoms with Crippen molar-refractivity contribution in [3.63, 3.8) is 0 Å². The molecular formula is C24H16ClNO8S. The van der Waals surface area contributed by atoms with Crippen LogP contribution in [0.15, 0.2) is 63.9 Å². The third kappa shape index (κ3) is 5.39. The standard InChI is InChI=1S/C24H16ClNO8S/c25-17-3-1-2-4-19(17)33-8-7-26-21(27)20(35-24(26)32)12-16-5-6-18(34-16)13-9-14(22(28)29)11-15(10-13)23(30)31/h1-6,9-12H,7-8H2,(H,28,29)(H,30,31)/b20-12-. The lowest BCUT2D eigenvalue weighted by molar-refractivity contribution is -0.123. The number of carboxylic acids is 2. The molecule has 0 unspecified atom stereocenters. The minimum absolute atomic E-state index is 0.0244. The van der Waals surface area contributed by atoms with Crippen LogP contribution in [0, 0.1) is 0 Å². The van der Waals surface area contributed by atoms with Gasteiger partial charge in [-0.2, -0.15) is 0 Å². The molecule has 1 saturated heterocycles. The number of furan rings is 1. The first-order chi connectivity index (χ1) is 16.7. The Labute approximate surface area is 207 Å². The number of amides is 2. The van der Waals surface area contributed by atoms with Crippen molar-refractivity contribution < 1.29 is 38.5 Å². The van der Waals surface area contributed by atoms with E-state index in [4.69, 9.17) is 20.8 Å². The number of carboxylic acid groups (broad SMARTS) is 2. The molecular weight excluding hydrogens is 498 g/mol. The van der Waals surface area contributed by atoms with E-state index in [1.807, 2.05) is 0 Å². The van der Waals surface area contributed by atoms with E-state index in [-0.39, 0.29) is 46.3 Å². The molecule has 35 heavy (non-hydrogen) atoms. The van der Waals surface area contributed by atoms with Crippen molar-refractivity contribution in [3.05, 3.63) is 81.4 Å². The summed E-state index contributed by atoms with van der Waals surface area (Å²) in [6, 6.07) is 13.5. The second-order valence-corrected chi connectivity index (χ2v) is 8.62. The molecule has 1 aliphatic heterocycles. The summed E-state index contributed by atoms with van der Waals surface area (Å²) in [4.78, 5) is 48.9.